The number of nitrogens with zero attached hydrogens (tertiary/aromatic N) is 1. The molecule has 1 fully saturated rings. The lowest BCUT2D eigenvalue weighted by molar-refractivity contribution is -0.0390. The summed E-state index contributed by atoms with van der Waals surface area (Å²) in [6.07, 6.45) is 3.27. The van der Waals surface area contributed by atoms with Gasteiger partial charge in [0, 0.05) is 39.5 Å². The number of benzene rings is 1. The fourth-order valence-electron chi connectivity index (χ4n) is 3.09. The molecule has 2 rings (SSSR count). The van der Waals surface area contributed by atoms with Crippen LogP contribution < -0.4 is 10.6 Å². The summed E-state index contributed by atoms with van der Waals surface area (Å²) in [5, 5.41) is 6.69. The Morgan fingerprint density at radius 1 is 1.20 bits per heavy atom. The van der Waals surface area contributed by atoms with Crippen molar-refractivity contribution in [2.75, 3.05) is 39.5 Å². The van der Waals surface area contributed by atoms with Crippen LogP contribution in [0.15, 0.2) is 29.3 Å². The van der Waals surface area contributed by atoms with Crippen LogP contribution in [-0.2, 0) is 27.4 Å². The predicted molar refractivity (Wildman–Crippen MR) is 134 cm³/mol. The fourth-order valence-corrected chi connectivity index (χ4v) is 3.09. The summed E-state index contributed by atoms with van der Waals surface area (Å²) in [6, 6.07) is 8.50. The Kier molecular flexibility index (Phi) is 15.2. The second-order valence-corrected chi connectivity index (χ2v) is 7.89. The average Bonchev–Trinajstić information content (AvgIpc) is 2.73. The minimum atomic E-state index is 0. The minimum Gasteiger partial charge on any atom is -0.381 e. The van der Waals surface area contributed by atoms with E-state index < -0.39 is 0 Å². The molecule has 1 aliphatic rings. The lowest BCUT2D eigenvalue weighted by Gasteiger charge is -2.22. The van der Waals surface area contributed by atoms with Crippen LogP contribution in [0.1, 0.15) is 51.2 Å². The number of guanidine groups is 1. The van der Waals surface area contributed by atoms with Gasteiger partial charge in [-0.05, 0) is 43.2 Å². The first kappa shape index (κ1) is 27.1. The second kappa shape index (κ2) is 16.8. The molecule has 0 amide bonds. The Hall–Kier alpha value is -0.900. The first-order valence-corrected chi connectivity index (χ1v) is 11.0. The molecule has 1 aromatic rings. The quantitative estimate of drug-likeness (QED) is 0.183. The van der Waals surface area contributed by atoms with E-state index in [1.165, 1.54) is 11.1 Å². The van der Waals surface area contributed by atoms with Gasteiger partial charge in [0.25, 0.3) is 0 Å². The van der Waals surface area contributed by atoms with Crippen molar-refractivity contribution in [3.63, 3.8) is 0 Å². The first-order chi connectivity index (χ1) is 14.2. The van der Waals surface area contributed by atoms with Crippen molar-refractivity contribution in [3.05, 3.63) is 35.4 Å². The van der Waals surface area contributed by atoms with E-state index in [1.807, 2.05) is 0 Å². The Balaban J connectivity index is 0.00000450. The molecule has 1 aromatic carbocycles. The molecule has 0 atom stereocenters. The van der Waals surface area contributed by atoms with Gasteiger partial charge in [-0.15, -0.1) is 24.0 Å². The van der Waals surface area contributed by atoms with Gasteiger partial charge in [-0.3, -0.25) is 0 Å². The van der Waals surface area contributed by atoms with Crippen LogP contribution in [0.25, 0.3) is 0 Å². The highest BCUT2D eigenvalue weighted by Crippen LogP contribution is 2.14. The van der Waals surface area contributed by atoms with E-state index in [9.17, 15) is 0 Å². The Labute approximate surface area is 199 Å². The second-order valence-electron chi connectivity index (χ2n) is 7.89. The number of hydrogen-bond donors (Lipinski definition) is 2. The summed E-state index contributed by atoms with van der Waals surface area (Å²) in [5.41, 5.74) is 2.39. The van der Waals surface area contributed by atoms with E-state index in [0.29, 0.717) is 25.2 Å². The van der Waals surface area contributed by atoms with Crippen molar-refractivity contribution in [1.29, 1.82) is 0 Å². The molecule has 1 saturated heterocycles. The van der Waals surface area contributed by atoms with Crippen molar-refractivity contribution >= 4 is 29.9 Å². The molecule has 7 heteroatoms. The molecule has 0 aliphatic carbocycles. The van der Waals surface area contributed by atoms with E-state index in [0.717, 1.165) is 64.7 Å². The van der Waals surface area contributed by atoms with Crippen molar-refractivity contribution in [2.45, 2.75) is 59.3 Å². The topological polar surface area (TPSA) is 64.1 Å². The van der Waals surface area contributed by atoms with E-state index in [4.69, 9.17) is 19.2 Å². The molecule has 172 valence electrons. The maximum atomic E-state index is 6.04. The minimum absolute atomic E-state index is 0. The number of nitrogens with one attached hydrogen (secondary N) is 2. The maximum Gasteiger partial charge on any atom is 0.191 e. The molecule has 0 radical (unpaired) electrons. The highest BCUT2D eigenvalue weighted by Gasteiger charge is 2.14. The lowest BCUT2D eigenvalue weighted by atomic mass is 10.1. The van der Waals surface area contributed by atoms with Gasteiger partial charge in [-0.2, -0.15) is 0 Å². The van der Waals surface area contributed by atoms with Gasteiger partial charge in [0.15, 0.2) is 5.96 Å². The largest absolute Gasteiger partial charge is 0.381 e. The average molecular weight is 533 g/mol. The molecule has 1 aliphatic heterocycles. The van der Waals surface area contributed by atoms with Crippen molar-refractivity contribution < 1.29 is 14.2 Å². The van der Waals surface area contributed by atoms with Crippen molar-refractivity contribution in [1.82, 2.24) is 10.6 Å². The SMILES string of the molecule is CCNC(=NCc1cccc(COC2CCOCC2)c1)NCCCOCC(C)C.I. The van der Waals surface area contributed by atoms with E-state index in [1.54, 1.807) is 0 Å². The fraction of sp³-hybridized carbons (Fsp3) is 0.696. The normalized spacial score (nSPS) is 15.1. The molecule has 2 N–H and O–H groups in total. The Bertz CT molecular complexity index is 593. The van der Waals surface area contributed by atoms with Crippen LogP contribution in [0.5, 0.6) is 0 Å². The molecule has 0 bridgehead atoms. The zero-order chi connectivity index (χ0) is 20.7. The maximum absolute atomic E-state index is 6.04. The van der Waals surface area contributed by atoms with E-state index in [-0.39, 0.29) is 24.0 Å². The summed E-state index contributed by atoms with van der Waals surface area (Å²) in [6.45, 7) is 12.6. The molecular weight excluding hydrogens is 493 g/mol. The van der Waals surface area contributed by atoms with Crippen LogP contribution in [0, 0.1) is 5.92 Å². The number of rotatable bonds is 12. The molecular formula is C23H40IN3O3. The van der Waals surface area contributed by atoms with Gasteiger partial charge < -0.3 is 24.8 Å². The van der Waals surface area contributed by atoms with Gasteiger partial charge in [0.05, 0.1) is 19.3 Å². The van der Waals surface area contributed by atoms with Gasteiger partial charge >= 0.3 is 0 Å². The van der Waals surface area contributed by atoms with Crippen LogP contribution in [-0.4, -0.2) is 51.6 Å². The van der Waals surface area contributed by atoms with Crippen LogP contribution in [0.3, 0.4) is 0 Å². The predicted octanol–water partition coefficient (Wildman–Crippen LogP) is 4.12. The number of ether oxygens (including phenoxy) is 3. The van der Waals surface area contributed by atoms with Gasteiger partial charge in [-0.25, -0.2) is 4.99 Å². The Morgan fingerprint density at radius 2 is 1.97 bits per heavy atom. The van der Waals surface area contributed by atoms with Gasteiger partial charge in [0.1, 0.15) is 0 Å². The molecule has 0 saturated carbocycles. The van der Waals surface area contributed by atoms with Crippen LogP contribution >= 0.6 is 24.0 Å². The summed E-state index contributed by atoms with van der Waals surface area (Å²) >= 11 is 0. The van der Waals surface area contributed by atoms with E-state index >= 15 is 0 Å². The Morgan fingerprint density at radius 3 is 2.70 bits per heavy atom. The van der Waals surface area contributed by atoms with E-state index in [2.05, 4.69) is 55.7 Å². The zero-order valence-electron chi connectivity index (χ0n) is 18.8. The summed E-state index contributed by atoms with van der Waals surface area (Å²) in [7, 11) is 0. The molecule has 6 nitrogen and oxygen atoms in total. The number of halogens is 1. The third-order valence-electron chi connectivity index (χ3n) is 4.62. The standard InChI is InChI=1S/C23H39N3O3.HI/c1-4-24-23(25-11-6-12-28-17-19(2)3)26-16-20-7-5-8-21(15-20)18-29-22-9-13-27-14-10-22;/h5,7-8,15,19,22H,4,6,9-14,16-18H2,1-3H3,(H2,24,25,26);1H. The number of aliphatic imine (C=N–C) groups is 1. The van der Waals surface area contributed by atoms with Crippen LogP contribution in [0.2, 0.25) is 0 Å². The lowest BCUT2D eigenvalue weighted by Crippen LogP contribution is -2.38. The summed E-state index contributed by atoms with van der Waals surface area (Å²) in [5.74, 6) is 1.43. The highest BCUT2D eigenvalue weighted by molar-refractivity contribution is 14.0. The first-order valence-electron chi connectivity index (χ1n) is 11.0. The van der Waals surface area contributed by atoms with Crippen molar-refractivity contribution in [2.24, 2.45) is 10.9 Å². The molecule has 0 aromatic heterocycles. The number of hydrogen-bond acceptors (Lipinski definition) is 4. The van der Waals surface area contributed by atoms with Gasteiger partial charge in [0.2, 0.25) is 0 Å². The zero-order valence-corrected chi connectivity index (χ0v) is 21.2. The highest BCUT2D eigenvalue weighted by atomic mass is 127. The summed E-state index contributed by atoms with van der Waals surface area (Å²) < 4.78 is 17.1. The molecule has 0 unspecified atom stereocenters. The monoisotopic (exact) mass is 533 g/mol. The molecule has 30 heavy (non-hydrogen) atoms. The third-order valence-corrected chi connectivity index (χ3v) is 4.62. The molecule has 1 heterocycles. The molecule has 0 spiro atoms. The van der Waals surface area contributed by atoms with Gasteiger partial charge in [-0.1, -0.05) is 38.1 Å². The van der Waals surface area contributed by atoms with Crippen LogP contribution in [0.4, 0.5) is 0 Å². The van der Waals surface area contributed by atoms with Crippen molar-refractivity contribution in [3.8, 4) is 0 Å². The smallest absolute Gasteiger partial charge is 0.191 e. The third kappa shape index (κ3) is 12.1. The summed E-state index contributed by atoms with van der Waals surface area (Å²) in [4.78, 5) is 4.72.